The highest BCUT2D eigenvalue weighted by atomic mass is 19.1. The number of Topliss-reactive ketones (excluding diaryl/α,β-unsaturated/α-hetero) is 1. The number of anilines is 1. The lowest BCUT2D eigenvalue weighted by Gasteiger charge is -2.09. The number of nitrogens with one attached hydrogen (secondary N) is 1. The van der Waals surface area contributed by atoms with Gasteiger partial charge in [0.25, 0.3) is 0 Å². The number of carbonyl (C=O) groups is 1. The monoisotopic (exact) mass is 300 g/mol. The van der Waals surface area contributed by atoms with Crippen molar-refractivity contribution in [2.75, 3.05) is 5.73 Å². The van der Waals surface area contributed by atoms with Crippen LogP contribution in [0.15, 0.2) is 30.3 Å². The van der Waals surface area contributed by atoms with Gasteiger partial charge in [-0.1, -0.05) is 0 Å². The molecular weight excluding hydrogens is 287 g/mol. The number of aromatic hydroxyl groups is 2. The summed E-state index contributed by atoms with van der Waals surface area (Å²) in [6, 6.07) is 6.77. The maximum absolute atomic E-state index is 13.2. The summed E-state index contributed by atoms with van der Waals surface area (Å²) in [6.45, 7) is 1.33. The first-order valence-electron chi connectivity index (χ1n) is 6.52. The molecule has 0 radical (unpaired) electrons. The number of halogens is 1. The van der Waals surface area contributed by atoms with Crippen LogP contribution in [0, 0.1) is 5.82 Å². The number of aromatic nitrogens is 1. The highest BCUT2D eigenvalue weighted by Crippen LogP contribution is 2.39. The van der Waals surface area contributed by atoms with Gasteiger partial charge in [0.1, 0.15) is 11.6 Å². The third kappa shape index (κ3) is 2.05. The molecule has 3 aromatic rings. The first kappa shape index (κ1) is 13.9. The molecule has 5 nitrogen and oxygen atoms in total. The molecule has 0 amide bonds. The van der Waals surface area contributed by atoms with Gasteiger partial charge in [0.2, 0.25) is 5.88 Å². The third-order valence-corrected chi connectivity index (χ3v) is 3.55. The summed E-state index contributed by atoms with van der Waals surface area (Å²) >= 11 is 0. The number of phenolic OH excluding ortho intramolecular Hbond substituents is 1. The Morgan fingerprint density at radius 3 is 2.55 bits per heavy atom. The number of hydrogen-bond donors (Lipinski definition) is 4. The van der Waals surface area contributed by atoms with Gasteiger partial charge >= 0.3 is 0 Å². The molecule has 0 spiro atoms. The Morgan fingerprint density at radius 1 is 1.18 bits per heavy atom. The summed E-state index contributed by atoms with van der Waals surface area (Å²) < 4.78 is 13.2. The van der Waals surface area contributed by atoms with Crippen LogP contribution in [-0.4, -0.2) is 21.0 Å². The Balaban J connectivity index is 2.32. The number of hydrogen-bond acceptors (Lipinski definition) is 4. The molecule has 3 rings (SSSR count). The standard InChI is InChI=1S/C16H13FN2O3/c1-7(20)15-11-5-10(9-3-2-8(17)4-12(9)18)14(21)6-13(11)19-16(15)22/h2-6,19,21-22H,18H2,1H3. The number of ketones is 1. The zero-order chi connectivity index (χ0) is 16.0. The van der Waals surface area contributed by atoms with E-state index >= 15 is 0 Å². The quantitative estimate of drug-likeness (QED) is 0.431. The second kappa shape index (κ2) is 4.77. The van der Waals surface area contributed by atoms with E-state index in [4.69, 9.17) is 5.73 Å². The molecule has 6 heteroatoms. The highest BCUT2D eigenvalue weighted by molar-refractivity contribution is 6.10. The fourth-order valence-corrected chi connectivity index (χ4v) is 2.57. The van der Waals surface area contributed by atoms with Crippen molar-refractivity contribution in [1.29, 1.82) is 0 Å². The number of carbonyl (C=O) groups excluding carboxylic acids is 1. The number of nitrogens with two attached hydrogens (primary N) is 1. The van der Waals surface area contributed by atoms with Gasteiger partial charge in [-0.15, -0.1) is 0 Å². The smallest absolute Gasteiger partial charge is 0.200 e. The highest BCUT2D eigenvalue weighted by Gasteiger charge is 2.18. The molecule has 0 saturated carbocycles. The fraction of sp³-hybridized carbons (Fsp3) is 0.0625. The van der Waals surface area contributed by atoms with Crippen LogP contribution in [-0.2, 0) is 0 Å². The molecule has 0 unspecified atom stereocenters. The zero-order valence-electron chi connectivity index (χ0n) is 11.6. The van der Waals surface area contributed by atoms with Crippen LogP contribution < -0.4 is 5.73 Å². The summed E-state index contributed by atoms with van der Waals surface area (Å²) in [5.74, 6) is -1.15. The van der Waals surface area contributed by atoms with Crippen LogP contribution >= 0.6 is 0 Å². The van der Waals surface area contributed by atoms with Crippen LogP contribution in [0.25, 0.3) is 22.0 Å². The molecule has 0 atom stereocenters. The normalized spacial score (nSPS) is 11.0. The van der Waals surface area contributed by atoms with Crippen LogP contribution in [0.3, 0.4) is 0 Å². The van der Waals surface area contributed by atoms with Gasteiger partial charge in [0, 0.05) is 28.3 Å². The lowest BCUT2D eigenvalue weighted by Crippen LogP contribution is -1.93. The largest absolute Gasteiger partial charge is 0.507 e. The predicted octanol–water partition coefficient (Wildman–Crippen LogP) is 3.17. The van der Waals surface area contributed by atoms with Gasteiger partial charge in [-0.2, -0.15) is 0 Å². The summed E-state index contributed by atoms with van der Waals surface area (Å²) in [5, 5.41) is 20.4. The van der Waals surface area contributed by atoms with Crippen molar-refractivity contribution < 1.29 is 19.4 Å². The Morgan fingerprint density at radius 2 is 1.91 bits per heavy atom. The minimum atomic E-state index is -0.481. The topological polar surface area (TPSA) is 99.3 Å². The van der Waals surface area contributed by atoms with Gasteiger partial charge in [0.05, 0.1) is 11.1 Å². The molecular formula is C16H13FN2O3. The maximum atomic E-state index is 13.2. The Hall–Kier alpha value is -3.02. The van der Waals surface area contributed by atoms with E-state index in [1.807, 2.05) is 0 Å². The van der Waals surface area contributed by atoms with Crippen LogP contribution in [0.2, 0.25) is 0 Å². The fourth-order valence-electron chi connectivity index (χ4n) is 2.57. The average Bonchev–Trinajstić information content (AvgIpc) is 2.73. The number of phenols is 1. The Labute approximate surface area is 124 Å². The molecule has 0 aliphatic heterocycles. The number of rotatable bonds is 2. The van der Waals surface area contributed by atoms with Crippen molar-refractivity contribution in [3.05, 3.63) is 41.7 Å². The summed E-state index contributed by atoms with van der Waals surface area (Å²) in [4.78, 5) is 14.3. The Bertz CT molecular complexity index is 915. The summed E-state index contributed by atoms with van der Waals surface area (Å²) in [7, 11) is 0. The van der Waals surface area contributed by atoms with Crippen molar-refractivity contribution in [2.24, 2.45) is 0 Å². The molecule has 0 saturated heterocycles. The number of benzene rings is 2. The van der Waals surface area contributed by atoms with Crippen molar-refractivity contribution in [3.63, 3.8) is 0 Å². The second-order valence-corrected chi connectivity index (χ2v) is 5.05. The van der Waals surface area contributed by atoms with E-state index in [0.717, 1.165) is 6.07 Å². The van der Waals surface area contributed by atoms with Gasteiger partial charge in [-0.25, -0.2) is 4.39 Å². The lowest BCUT2D eigenvalue weighted by molar-refractivity contribution is 0.101. The van der Waals surface area contributed by atoms with Crippen LogP contribution in [0.5, 0.6) is 11.6 Å². The molecule has 0 fully saturated rings. The van der Waals surface area contributed by atoms with Crippen molar-refractivity contribution in [3.8, 4) is 22.8 Å². The minimum Gasteiger partial charge on any atom is -0.507 e. The summed E-state index contributed by atoms with van der Waals surface area (Å²) in [6.07, 6.45) is 0. The lowest BCUT2D eigenvalue weighted by atomic mass is 9.99. The average molecular weight is 300 g/mol. The second-order valence-electron chi connectivity index (χ2n) is 5.05. The van der Waals surface area contributed by atoms with E-state index < -0.39 is 5.82 Å². The first-order valence-corrected chi connectivity index (χ1v) is 6.52. The number of H-pyrrole nitrogens is 1. The van der Waals surface area contributed by atoms with Crippen molar-refractivity contribution in [1.82, 2.24) is 4.98 Å². The van der Waals surface area contributed by atoms with E-state index in [9.17, 15) is 19.4 Å². The molecule has 0 aliphatic rings. The molecule has 2 aromatic carbocycles. The van der Waals surface area contributed by atoms with E-state index in [1.54, 1.807) is 6.07 Å². The van der Waals surface area contributed by atoms with Crippen molar-refractivity contribution in [2.45, 2.75) is 6.92 Å². The Kier molecular flexibility index (Phi) is 3.02. The zero-order valence-corrected chi connectivity index (χ0v) is 11.6. The molecule has 22 heavy (non-hydrogen) atoms. The molecule has 1 aromatic heterocycles. The van der Waals surface area contributed by atoms with Gasteiger partial charge in [-0.3, -0.25) is 4.79 Å². The van der Waals surface area contributed by atoms with Crippen LogP contribution in [0.4, 0.5) is 10.1 Å². The number of fused-ring (bicyclic) bond motifs is 1. The molecule has 0 aliphatic carbocycles. The van der Waals surface area contributed by atoms with E-state index in [1.165, 1.54) is 25.1 Å². The molecule has 0 bridgehead atoms. The predicted molar refractivity (Wildman–Crippen MR) is 81.4 cm³/mol. The number of nitrogen functional groups attached to an aromatic ring is 1. The van der Waals surface area contributed by atoms with Crippen LogP contribution in [0.1, 0.15) is 17.3 Å². The van der Waals surface area contributed by atoms with Crippen molar-refractivity contribution >= 4 is 22.4 Å². The van der Waals surface area contributed by atoms with E-state index in [0.29, 0.717) is 22.0 Å². The third-order valence-electron chi connectivity index (χ3n) is 3.55. The van der Waals surface area contributed by atoms with Gasteiger partial charge < -0.3 is 20.9 Å². The van der Waals surface area contributed by atoms with Gasteiger partial charge in [0.15, 0.2) is 5.78 Å². The van der Waals surface area contributed by atoms with E-state index in [-0.39, 0.29) is 28.7 Å². The maximum Gasteiger partial charge on any atom is 0.200 e. The summed E-state index contributed by atoms with van der Waals surface area (Å²) in [5.41, 5.74) is 7.31. The number of aromatic amines is 1. The molecule has 1 heterocycles. The first-order chi connectivity index (χ1) is 10.4. The van der Waals surface area contributed by atoms with Gasteiger partial charge in [-0.05, 0) is 31.2 Å². The molecule has 112 valence electrons. The molecule has 5 N–H and O–H groups in total. The minimum absolute atomic E-state index is 0.0952. The van der Waals surface area contributed by atoms with E-state index in [2.05, 4.69) is 4.98 Å². The SMILES string of the molecule is CC(=O)c1c(O)[nH]c2cc(O)c(-c3ccc(F)cc3N)cc12.